The normalized spacial score (nSPS) is 16.9. The largest absolute Gasteiger partial charge is 0.379 e. The molecule has 5 heteroatoms. The molecular weight excluding hydrogens is 274 g/mol. The Balaban J connectivity index is 1.51. The number of para-hydroxylation sites is 1. The van der Waals surface area contributed by atoms with Crippen LogP contribution in [-0.2, 0) is 11.3 Å². The summed E-state index contributed by atoms with van der Waals surface area (Å²) >= 11 is 6.39. The Labute approximate surface area is 124 Å². The smallest absolute Gasteiger partial charge is 0.0705 e. The minimum absolute atomic E-state index is 0.776. The summed E-state index contributed by atoms with van der Waals surface area (Å²) < 4.78 is 5.34. The number of ether oxygens (including phenoxy) is 1. The molecule has 3 rings (SSSR count). The fourth-order valence-electron chi connectivity index (χ4n) is 2.56. The van der Waals surface area contributed by atoms with Crippen LogP contribution in [0.25, 0.3) is 10.9 Å². The minimum Gasteiger partial charge on any atom is -0.379 e. The molecule has 0 spiro atoms. The van der Waals surface area contributed by atoms with Crippen molar-refractivity contribution >= 4 is 22.5 Å². The van der Waals surface area contributed by atoms with Gasteiger partial charge in [0.05, 0.1) is 18.2 Å². The van der Waals surface area contributed by atoms with Gasteiger partial charge in [-0.25, -0.2) is 0 Å². The van der Waals surface area contributed by atoms with Crippen LogP contribution in [0.15, 0.2) is 24.3 Å². The van der Waals surface area contributed by atoms with E-state index in [-0.39, 0.29) is 0 Å². The Morgan fingerprint density at radius 2 is 2.05 bits per heavy atom. The molecule has 1 saturated heterocycles. The van der Waals surface area contributed by atoms with Crippen molar-refractivity contribution in [1.82, 2.24) is 15.2 Å². The van der Waals surface area contributed by atoms with Crippen molar-refractivity contribution < 1.29 is 4.74 Å². The molecule has 0 unspecified atom stereocenters. The van der Waals surface area contributed by atoms with E-state index in [4.69, 9.17) is 16.3 Å². The number of aromatic nitrogens is 1. The van der Waals surface area contributed by atoms with Gasteiger partial charge in [0.2, 0.25) is 0 Å². The van der Waals surface area contributed by atoms with Crippen LogP contribution < -0.4 is 5.32 Å². The molecule has 4 nitrogen and oxygen atoms in total. The Hall–Kier alpha value is -1.07. The number of halogens is 1. The molecule has 0 aliphatic carbocycles. The molecule has 1 aliphatic heterocycles. The van der Waals surface area contributed by atoms with Crippen molar-refractivity contribution in [1.29, 1.82) is 0 Å². The van der Waals surface area contributed by atoms with Gasteiger partial charge in [-0.1, -0.05) is 29.8 Å². The summed E-state index contributed by atoms with van der Waals surface area (Å²) in [5.74, 6) is 0. The van der Waals surface area contributed by atoms with Crippen LogP contribution in [0.5, 0.6) is 0 Å². The van der Waals surface area contributed by atoms with Crippen molar-refractivity contribution in [2.75, 3.05) is 39.4 Å². The standard InChI is InChI=1S/C15H20ClN3O/c16-15-12-3-1-2-4-13(12)18-14(15)11-17-5-6-19-7-9-20-10-8-19/h1-4,17-18H,5-11H2. The van der Waals surface area contributed by atoms with Gasteiger partial charge in [0.15, 0.2) is 0 Å². The van der Waals surface area contributed by atoms with E-state index in [9.17, 15) is 0 Å². The fourth-order valence-corrected chi connectivity index (χ4v) is 2.84. The first-order valence-electron chi connectivity index (χ1n) is 7.10. The van der Waals surface area contributed by atoms with Gasteiger partial charge < -0.3 is 15.0 Å². The number of nitrogens with zero attached hydrogens (tertiary/aromatic N) is 1. The van der Waals surface area contributed by atoms with Gasteiger partial charge in [0, 0.05) is 49.3 Å². The number of nitrogens with one attached hydrogen (secondary N) is 2. The first kappa shape index (κ1) is 13.9. The highest BCUT2D eigenvalue weighted by atomic mass is 35.5. The van der Waals surface area contributed by atoms with E-state index in [0.29, 0.717) is 0 Å². The van der Waals surface area contributed by atoms with E-state index in [0.717, 1.165) is 67.6 Å². The molecule has 20 heavy (non-hydrogen) atoms. The van der Waals surface area contributed by atoms with Gasteiger partial charge in [-0.2, -0.15) is 0 Å². The minimum atomic E-state index is 0.776. The summed E-state index contributed by atoms with van der Waals surface area (Å²) in [5.41, 5.74) is 2.16. The van der Waals surface area contributed by atoms with E-state index < -0.39 is 0 Å². The molecule has 0 atom stereocenters. The third-order valence-electron chi connectivity index (χ3n) is 3.72. The molecule has 1 aromatic heterocycles. The monoisotopic (exact) mass is 293 g/mol. The van der Waals surface area contributed by atoms with Crippen LogP contribution in [0, 0.1) is 0 Å². The zero-order valence-electron chi connectivity index (χ0n) is 11.5. The highest BCUT2D eigenvalue weighted by molar-refractivity contribution is 6.36. The number of hydrogen-bond acceptors (Lipinski definition) is 3. The summed E-state index contributed by atoms with van der Waals surface area (Å²) in [5, 5.41) is 5.38. The number of benzene rings is 1. The topological polar surface area (TPSA) is 40.3 Å². The molecule has 108 valence electrons. The lowest BCUT2D eigenvalue weighted by Gasteiger charge is -2.26. The first-order chi connectivity index (χ1) is 9.84. The fraction of sp³-hybridized carbons (Fsp3) is 0.467. The molecule has 1 aromatic carbocycles. The second-order valence-electron chi connectivity index (χ2n) is 5.09. The van der Waals surface area contributed by atoms with Crippen LogP contribution in [0.4, 0.5) is 0 Å². The van der Waals surface area contributed by atoms with Crippen molar-refractivity contribution in [3.63, 3.8) is 0 Å². The van der Waals surface area contributed by atoms with E-state index >= 15 is 0 Å². The summed E-state index contributed by atoms with van der Waals surface area (Å²) in [6.45, 7) is 6.58. The molecular formula is C15H20ClN3O. The van der Waals surface area contributed by atoms with Crippen LogP contribution in [0.2, 0.25) is 5.02 Å². The van der Waals surface area contributed by atoms with Gasteiger partial charge in [0.1, 0.15) is 0 Å². The van der Waals surface area contributed by atoms with Gasteiger partial charge in [-0.3, -0.25) is 4.90 Å². The van der Waals surface area contributed by atoms with Crippen LogP contribution in [0.1, 0.15) is 5.69 Å². The zero-order valence-corrected chi connectivity index (χ0v) is 12.2. The van der Waals surface area contributed by atoms with Crippen LogP contribution in [0.3, 0.4) is 0 Å². The third-order valence-corrected chi connectivity index (χ3v) is 4.16. The lowest BCUT2D eigenvalue weighted by Crippen LogP contribution is -2.40. The molecule has 1 aliphatic rings. The van der Waals surface area contributed by atoms with E-state index in [1.807, 2.05) is 18.2 Å². The van der Waals surface area contributed by atoms with Crippen molar-refractivity contribution in [2.24, 2.45) is 0 Å². The lowest BCUT2D eigenvalue weighted by molar-refractivity contribution is 0.0384. The molecule has 0 radical (unpaired) electrons. The lowest BCUT2D eigenvalue weighted by atomic mass is 10.2. The zero-order chi connectivity index (χ0) is 13.8. The molecule has 2 N–H and O–H groups in total. The maximum Gasteiger partial charge on any atom is 0.0705 e. The van der Waals surface area contributed by atoms with Gasteiger partial charge >= 0.3 is 0 Å². The number of H-pyrrole nitrogens is 1. The highest BCUT2D eigenvalue weighted by Gasteiger charge is 2.10. The maximum atomic E-state index is 6.39. The van der Waals surface area contributed by atoms with Gasteiger partial charge in [-0.05, 0) is 6.07 Å². The second-order valence-corrected chi connectivity index (χ2v) is 5.47. The Morgan fingerprint density at radius 3 is 2.85 bits per heavy atom. The average Bonchev–Trinajstić information content (AvgIpc) is 2.82. The summed E-state index contributed by atoms with van der Waals surface area (Å²) in [6, 6.07) is 8.13. The van der Waals surface area contributed by atoms with Crippen molar-refractivity contribution in [2.45, 2.75) is 6.54 Å². The Bertz CT molecular complexity index is 563. The van der Waals surface area contributed by atoms with Crippen LogP contribution in [-0.4, -0.2) is 49.3 Å². The molecule has 0 bridgehead atoms. The molecule has 0 amide bonds. The highest BCUT2D eigenvalue weighted by Crippen LogP contribution is 2.26. The number of morpholine rings is 1. The predicted molar refractivity (Wildman–Crippen MR) is 82.3 cm³/mol. The summed E-state index contributed by atoms with van der Waals surface area (Å²) in [6.07, 6.45) is 0. The molecule has 2 heterocycles. The SMILES string of the molecule is Clc1c(CNCCN2CCOCC2)[nH]c2ccccc12. The maximum absolute atomic E-state index is 6.39. The molecule has 0 saturated carbocycles. The van der Waals surface area contributed by atoms with Gasteiger partial charge in [0.25, 0.3) is 0 Å². The predicted octanol–water partition coefficient (Wildman–Crippen LogP) is 2.24. The van der Waals surface area contributed by atoms with Gasteiger partial charge in [-0.15, -0.1) is 0 Å². The van der Waals surface area contributed by atoms with E-state index in [1.54, 1.807) is 0 Å². The summed E-state index contributed by atoms with van der Waals surface area (Å²) in [4.78, 5) is 5.79. The van der Waals surface area contributed by atoms with E-state index in [2.05, 4.69) is 21.3 Å². The van der Waals surface area contributed by atoms with E-state index in [1.165, 1.54) is 0 Å². The quantitative estimate of drug-likeness (QED) is 0.831. The Morgan fingerprint density at radius 1 is 1.25 bits per heavy atom. The van der Waals surface area contributed by atoms with Crippen molar-refractivity contribution in [3.8, 4) is 0 Å². The summed E-state index contributed by atoms with van der Waals surface area (Å²) in [7, 11) is 0. The molecule has 2 aromatic rings. The van der Waals surface area contributed by atoms with Crippen molar-refractivity contribution in [3.05, 3.63) is 35.0 Å². The third kappa shape index (κ3) is 3.15. The molecule has 1 fully saturated rings. The first-order valence-corrected chi connectivity index (χ1v) is 7.48. The second kappa shape index (κ2) is 6.59. The average molecular weight is 294 g/mol. The number of aromatic amines is 1. The Kier molecular flexibility index (Phi) is 4.58. The van der Waals surface area contributed by atoms with Crippen LogP contribution >= 0.6 is 11.6 Å². The number of rotatable bonds is 5. The number of fused-ring (bicyclic) bond motifs is 1. The number of hydrogen-bond donors (Lipinski definition) is 2.